The Bertz CT molecular complexity index is 397. The maximum atomic E-state index is 3.62. The minimum absolute atomic E-state index is 0.507. The van der Waals surface area contributed by atoms with Crippen LogP contribution in [-0.4, -0.2) is 19.1 Å². The van der Waals surface area contributed by atoms with Crippen LogP contribution in [0.2, 0.25) is 0 Å². The minimum Gasteiger partial charge on any atom is -0.378 e. The first-order valence-electron chi connectivity index (χ1n) is 6.08. The van der Waals surface area contributed by atoms with Crippen molar-refractivity contribution in [3.8, 4) is 0 Å². The molecule has 2 heterocycles. The van der Waals surface area contributed by atoms with Crippen LogP contribution in [0.5, 0.6) is 0 Å². The summed E-state index contributed by atoms with van der Waals surface area (Å²) in [5.41, 5.74) is 4.29. The van der Waals surface area contributed by atoms with Gasteiger partial charge in [-0.1, -0.05) is 31.2 Å². The van der Waals surface area contributed by atoms with Crippen LogP contribution in [0.3, 0.4) is 0 Å². The first kappa shape index (κ1) is 9.91. The zero-order valence-electron chi connectivity index (χ0n) is 9.66. The standard InChI is InChI=1S/C14H18N2/c1-10-6-12(9-15-8-10)14-7-11-4-2-3-5-13(11)16-14/h2-6,10,14-16H,7-9H2,1H3/t10-,14?/m0/s1. The number of fused-ring (bicyclic) bond motifs is 1. The number of hydrogen-bond donors (Lipinski definition) is 2. The third-order valence-corrected chi connectivity index (χ3v) is 3.51. The summed E-state index contributed by atoms with van der Waals surface area (Å²) in [5.74, 6) is 0.661. The largest absolute Gasteiger partial charge is 0.378 e. The Kier molecular flexibility index (Phi) is 2.44. The molecule has 1 unspecified atom stereocenters. The lowest BCUT2D eigenvalue weighted by Crippen LogP contribution is -2.34. The molecule has 2 heteroatoms. The van der Waals surface area contributed by atoms with Crippen molar-refractivity contribution in [2.45, 2.75) is 19.4 Å². The fourth-order valence-corrected chi connectivity index (χ4v) is 2.69. The second-order valence-corrected chi connectivity index (χ2v) is 4.91. The van der Waals surface area contributed by atoms with Gasteiger partial charge in [0.05, 0.1) is 6.04 Å². The van der Waals surface area contributed by atoms with E-state index in [1.807, 2.05) is 0 Å². The first-order chi connectivity index (χ1) is 7.83. The molecule has 2 aliphatic rings. The predicted octanol–water partition coefficient (Wildman–Crippen LogP) is 2.19. The molecule has 0 aliphatic carbocycles. The Morgan fingerprint density at radius 2 is 2.12 bits per heavy atom. The third-order valence-electron chi connectivity index (χ3n) is 3.51. The quantitative estimate of drug-likeness (QED) is 0.700. The summed E-state index contributed by atoms with van der Waals surface area (Å²) < 4.78 is 0. The molecule has 0 radical (unpaired) electrons. The van der Waals surface area contributed by atoms with Crippen LogP contribution in [0.25, 0.3) is 0 Å². The van der Waals surface area contributed by atoms with E-state index in [-0.39, 0.29) is 0 Å². The molecule has 0 spiro atoms. The van der Waals surface area contributed by atoms with Gasteiger partial charge in [0, 0.05) is 18.8 Å². The van der Waals surface area contributed by atoms with Gasteiger partial charge in [-0.05, 0) is 29.5 Å². The van der Waals surface area contributed by atoms with Crippen molar-refractivity contribution in [2.75, 3.05) is 18.4 Å². The van der Waals surface area contributed by atoms with Crippen molar-refractivity contribution < 1.29 is 0 Å². The second-order valence-electron chi connectivity index (χ2n) is 4.91. The van der Waals surface area contributed by atoms with Crippen molar-refractivity contribution in [1.82, 2.24) is 5.32 Å². The molecule has 0 bridgehead atoms. The van der Waals surface area contributed by atoms with Crippen LogP contribution in [0.4, 0.5) is 5.69 Å². The van der Waals surface area contributed by atoms with E-state index in [0.717, 1.165) is 19.5 Å². The Morgan fingerprint density at radius 3 is 2.94 bits per heavy atom. The summed E-state index contributed by atoms with van der Waals surface area (Å²) in [5, 5.41) is 7.10. The number of rotatable bonds is 1. The van der Waals surface area contributed by atoms with E-state index in [0.29, 0.717) is 12.0 Å². The molecule has 0 saturated carbocycles. The first-order valence-corrected chi connectivity index (χ1v) is 6.08. The van der Waals surface area contributed by atoms with Crippen LogP contribution >= 0.6 is 0 Å². The van der Waals surface area contributed by atoms with Crippen LogP contribution in [0, 0.1) is 5.92 Å². The molecule has 3 rings (SSSR count). The topological polar surface area (TPSA) is 24.1 Å². The van der Waals surface area contributed by atoms with E-state index in [1.165, 1.54) is 16.8 Å². The number of para-hydroxylation sites is 1. The number of nitrogens with one attached hydrogen (secondary N) is 2. The Morgan fingerprint density at radius 1 is 1.25 bits per heavy atom. The highest BCUT2D eigenvalue weighted by Crippen LogP contribution is 2.29. The molecular formula is C14H18N2. The maximum absolute atomic E-state index is 3.62. The predicted molar refractivity (Wildman–Crippen MR) is 67.7 cm³/mol. The molecular weight excluding hydrogens is 196 g/mol. The zero-order valence-corrected chi connectivity index (χ0v) is 9.66. The van der Waals surface area contributed by atoms with Gasteiger partial charge in [0.15, 0.2) is 0 Å². The molecule has 1 aromatic carbocycles. The van der Waals surface area contributed by atoms with E-state index in [9.17, 15) is 0 Å². The molecule has 2 aliphatic heterocycles. The number of anilines is 1. The van der Waals surface area contributed by atoms with Crippen molar-refractivity contribution in [3.63, 3.8) is 0 Å². The van der Waals surface area contributed by atoms with Gasteiger partial charge in [-0.15, -0.1) is 0 Å². The SMILES string of the molecule is C[C@H]1C=C(C2Cc3ccccc3N2)CNC1. The highest BCUT2D eigenvalue weighted by molar-refractivity contribution is 5.58. The van der Waals surface area contributed by atoms with Crippen molar-refractivity contribution in [2.24, 2.45) is 5.92 Å². The second kappa shape index (κ2) is 3.95. The molecule has 2 N–H and O–H groups in total. The van der Waals surface area contributed by atoms with Gasteiger partial charge in [-0.25, -0.2) is 0 Å². The van der Waals surface area contributed by atoms with Crippen LogP contribution in [-0.2, 0) is 6.42 Å². The lowest BCUT2D eigenvalue weighted by atomic mass is 9.96. The van der Waals surface area contributed by atoms with Gasteiger partial charge >= 0.3 is 0 Å². The van der Waals surface area contributed by atoms with Crippen molar-refractivity contribution in [1.29, 1.82) is 0 Å². The van der Waals surface area contributed by atoms with Gasteiger partial charge < -0.3 is 10.6 Å². The third kappa shape index (κ3) is 1.74. The monoisotopic (exact) mass is 214 g/mol. The average molecular weight is 214 g/mol. The molecule has 16 heavy (non-hydrogen) atoms. The molecule has 84 valence electrons. The normalized spacial score (nSPS) is 28.2. The Labute approximate surface area is 96.7 Å². The van der Waals surface area contributed by atoms with Gasteiger partial charge in [-0.2, -0.15) is 0 Å². The fraction of sp³-hybridized carbons (Fsp3) is 0.429. The number of benzene rings is 1. The van der Waals surface area contributed by atoms with E-state index in [1.54, 1.807) is 0 Å². The Balaban J connectivity index is 1.81. The lowest BCUT2D eigenvalue weighted by molar-refractivity contribution is 0.564. The van der Waals surface area contributed by atoms with Crippen molar-refractivity contribution in [3.05, 3.63) is 41.5 Å². The summed E-state index contributed by atoms with van der Waals surface area (Å²) >= 11 is 0. The maximum Gasteiger partial charge on any atom is 0.0527 e. The fourth-order valence-electron chi connectivity index (χ4n) is 2.69. The summed E-state index contributed by atoms with van der Waals surface area (Å²) in [6.45, 7) is 4.42. The van der Waals surface area contributed by atoms with Gasteiger partial charge in [0.2, 0.25) is 0 Å². The van der Waals surface area contributed by atoms with Gasteiger partial charge in [-0.3, -0.25) is 0 Å². The summed E-state index contributed by atoms with van der Waals surface area (Å²) in [7, 11) is 0. The van der Waals surface area contributed by atoms with Crippen LogP contribution in [0.1, 0.15) is 12.5 Å². The van der Waals surface area contributed by atoms with E-state index in [2.05, 4.69) is 47.9 Å². The smallest absolute Gasteiger partial charge is 0.0527 e. The molecule has 2 atom stereocenters. The molecule has 0 saturated heterocycles. The van der Waals surface area contributed by atoms with Crippen molar-refractivity contribution >= 4 is 5.69 Å². The highest BCUT2D eigenvalue weighted by atomic mass is 15.0. The summed E-state index contributed by atoms with van der Waals surface area (Å²) in [6.07, 6.45) is 3.57. The average Bonchev–Trinajstić information content (AvgIpc) is 2.72. The van der Waals surface area contributed by atoms with E-state index in [4.69, 9.17) is 0 Å². The molecule has 0 fully saturated rings. The van der Waals surface area contributed by atoms with Gasteiger partial charge in [0.1, 0.15) is 0 Å². The minimum atomic E-state index is 0.507. The van der Waals surface area contributed by atoms with Crippen LogP contribution in [0.15, 0.2) is 35.9 Å². The zero-order chi connectivity index (χ0) is 11.0. The van der Waals surface area contributed by atoms with E-state index >= 15 is 0 Å². The lowest BCUT2D eigenvalue weighted by Gasteiger charge is -2.24. The summed E-state index contributed by atoms with van der Waals surface area (Å²) in [4.78, 5) is 0. The van der Waals surface area contributed by atoms with Crippen LogP contribution < -0.4 is 10.6 Å². The van der Waals surface area contributed by atoms with Gasteiger partial charge in [0.25, 0.3) is 0 Å². The summed E-state index contributed by atoms with van der Waals surface area (Å²) in [6, 6.07) is 9.13. The molecule has 0 amide bonds. The Hall–Kier alpha value is -1.28. The highest BCUT2D eigenvalue weighted by Gasteiger charge is 2.24. The molecule has 0 aromatic heterocycles. The molecule has 2 nitrogen and oxygen atoms in total. The molecule has 1 aromatic rings. The van der Waals surface area contributed by atoms with E-state index < -0.39 is 0 Å². The number of hydrogen-bond acceptors (Lipinski definition) is 2.